The van der Waals surface area contributed by atoms with Gasteiger partial charge in [-0.2, -0.15) is 0 Å². The molecule has 9 heteroatoms. The van der Waals surface area contributed by atoms with Gasteiger partial charge in [0.05, 0.1) is 0 Å². The van der Waals surface area contributed by atoms with Crippen LogP contribution in [0.15, 0.2) is 0 Å². The minimum Gasteiger partial charge on any atom is -0.550 e. The van der Waals surface area contributed by atoms with Crippen molar-refractivity contribution in [3.05, 3.63) is 0 Å². The van der Waals surface area contributed by atoms with Gasteiger partial charge in [0.25, 0.3) is 0 Å². The van der Waals surface area contributed by atoms with Crippen molar-refractivity contribution >= 4 is 23.9 Å². The monoisotopic (exact) mass is 399 g/mol. The summed E-state index contributed by atoms with van der Waals surface area (Å²) in [5.74, 6) is -5.33. The topological polar surface area (TPSA) is 161 Å². The van der Waals surface area contributed by atoms with Crippen molar-refractivity contribution in [2.75, 3.05) is 0 Å². The number of rotatable bonds is 4. The molecule has 0 aromatic carbocycles. The van der Waals surface area contributed by atoms with E-state index in [1.165, 1.54) is 0 Å². The van der Waals surface area contributed by atoms with Crippen molar-refractivity contribution in [1.82, 2.24) is 0 Å². The van der Waals surface area contributed by atoms with E-state index in [2.05, 4.69) is 0 Å². The Kier molecular flexibility index (Phi) is 28.5. The third-order valence-corrected chi connectivity index (χ3v) is 1.89. The second kappa shape index (κ2) is 20.5. The minimum absolute atomic E-state index is 0. The molecule has 0 atom stereocenters. The quantitative estimate of drug-likeness (QED) is 0.504. The first kappa shape index (κ1) is 34.7. The number of carbonyl (C=O) groups is 4. The summed E-state index contributed by atoms with van der Waals surface area (Å²) in [6.07, 6.45) is 0. The molecule has 0 heterocycles. The summed E-state index contributed by atoms with van der Waals surface area (Å²) in [4.78, 5) is 38.4. The number of carbonyl (C=O) groups excluding carboxylic acids is 4. The normalized spacial score (nSPS) is 8.80. The molecule has 0 bridgehead atoms. The van der Waals surface area contributed by atoms with E-state index < -0.39 is 23.9 Å². The number of aliphatic carboxylic acids is 4. The first-order chi connectivity index (χ1) is 10.6. The first-order valence-electron chi connectivity index (χ1n) is 7.41. The van der Waals surface area contributed by atoms with Crippen LogP contribution in [-0.4, -0.2) is 23.9 Å². The fourth-order valence-electron chi connectivity index (χ4n) is 0. The van der Waals surface area contributed by atoms with Gasteiger partial charge < -0.3 is 39.6 Å². The second-order valence-corrected chi connectivity index (χ2v) is 5.89. The molecular weight excluding hydrogens is 371 g/mol. The molecule has 0 saturated carbocycles. The predicted octanol–water partition coefficient (Wildman–Crippen LogP) is -2.43. The number of carboxylic acid groups (broad SMARTS) is 4. The molecular formula is C16H28O8V. The van der Waals surface area contributed by atoms with Crippen molar-refractivity contribution in [3.63, 3.8) is 0 Å². The van der Waals surface area contributed by atoms with E-state index in [9.17, 15) is 39.6 Å². The van der Waals surface area contributed by atoms with Crippen LogP contribution >= 0.6 is 0 Å². The smallest absolute Gasteiger partial charge is 0.550 e. The second-order valence-electron chi connectivity index (χ2n) is 5.89. The maximum atomic E-state index is 9.59. The van der Waals surface area contributed by atoms with Crippen LogP contribution in [0.3, 0.4) is 0 Å². The molecule has 0 aliphatic rings. The molecule has 0 aromatic rings. The van der Waals surface area contributed by atoms with E-state index in [0.717, 1.165) is 0 Å². The van der Waals surface area contributed by atoms with Gasteiger partial charge in [-0.05, 0) is 23.7 Å². The van der Waals surface area contributed by atoms with Gasteiger partial charge in [-0.3, -0.25) is 0 Å². The van der Waals surface area contributed by atoms with Crippen molar-refractivity contribution in [2.24, 2.45) is 23.7 Å². The molecule has 0 unspecified atom stereocenters. The van der Waals surface area contributed by atoms with Crippen LogP contribution in [0, 0.1) is 23.7 Å². The fourth-order valence-corrected chi connectivity index (χ4v) is 0. The molecule has 25 heavy (non-hydrogen) atoms. The average molecular weight is 399 g/mol. The number of carboxylic acids is 4. The fraction of sp³-hybridized carbons (Fsp3) is 0.750. The molecule has 0 N–H and O–H groups in total. The van der Waals surface area contributed by atoms with Crippen LogP contribution in [-0.2, 0) is 37.7 Å². The zero-order valence-corrected chi connectivity index (χ0v) is 17.4. The Morgan fingerprint density at radius 1 is 0.440 bits per heavy atom. The molecule has 145 valence electrons. The molecule has 8 nitrogen and oxygen atoms in total. The Hall–Kier alpha value is -1.54. The maximum absolute atomic E-state index is 9.59. The third-order valence-electron chi connectivity index (χ3n) is 1.89. The molecule has 0 amide bonds. The van der Waals surface area contributed by atoms with Gasteiger partial charge in [-0.25, -0.2) is 0 Å². The zero-order chi connectivity index (χ0) is 20.6. The van der Waals surface area contributed by atoms with E-state index >= 15 is 0 Å². The Balaban J connectivity index is -0.0000000702. The van der Waals surface area contributed by atoms with E-state index in [1.54, 1.807) is 55.4 Å². The Labute approximate surface area is 161 Å². The van der Waals surface area contributed by atoms with Gasteiger partial charge in [-0.1, -0.05) is 55.4 Å². The van der Waals surface area contributed by atoms with E-state index in [1.807, 2.05) is 0 Å². The molecule has 0 fully saturated rings. The number of hydrogen-bond acceptors (Lipinski definition) is 8. The van der Waals surface area contributed by atoms with Crippen LogP contribution in [0.4, 0.5) is 0 Å². The van der Waals surface area contributed by atoms with Crippen molar-refractivity contribution in [2.45, 2.75) is 55.4 Å². The SMILES string of the molecule is CC(C)C(=O)[O-].CC(C)C(=O)[O-].CC(C)C(=O)[O-].CC(C)C(=O)[O-].[V+4]. The van der Waals surface area contributed by atoms with Gasteiger partial charge >= 0.3 is 18.6 Å². The van der Waals surface area contributed by atoms with Gasteiger partial charge in [0, 0.05) is 23.9 Å². The molecule has 0 aliphatic carbocycles. The maximum Gasteiger partial charge on any atom is 4.00 e. The van der Waals surface area contributed by atoms with Crippen molar-refractivity contribution < 1.29 is 58.2 Å². The number of hydrogen-bond donors (Lipinski definition) is 0. The van der Waals surface area contributed by atoms with Crippen LogP contribution < -0.4 is 20.4 Å². The molecule has 0 spiro atoms. The summed E-state index contributed by atoms with van der Waals surface area (Å²) in [7, 11) is 0. The largest absolute Gasteiger partial charge is 4.00 e. The van der Waals surface area contributed by atoms with Crippen LogP contribution in [0.2, 0.25) is 0 Å². The molecule has 0 aromatic heterocycles. The van der Waals surface area contributed by atoms with Crippen LogP contribution in [0.1, 0.15) is 55.4 Å². The van der Waals surface area contributed by atoms with Crippen LogP contribution in [0.5, 0.6) is 0 Å². The average Bonchev–Trinajstić information content (AvgIpc) is 2.40. The van der Waals surface area contributed by atoms with Gasteiger partial charge in [0.1, 0.15) is 0 Å². The van der Waals surface area contributed by atoms with Crippen molar-refractivity contribution in [3.8, 4) is 0 Å². The van der Waals surface area contributed by atoms with E-state index in [0.29, 0.717) is 0 Å². The van der Waals surface area contributed by atoms with Gasteiger partial charge in [0.15, 0.2) is 0 Å². The summed E-state index contributed by atoms with van der Waals surface area (Å²) in [5.41, 5.74) is 0. The summed E-state index contributed by atoms with van der Waals surface area (Å²) < 4.78 is 0. The minimum atomic E-state index is -0.991. The molecule has 0 aliphatic heterocycles. The Morgan fingerprint density at radius 2 is 0.480 bits per heavy atom. The molecule has 1 radical (unpaired) electrons. The van der Waals surface area contributed by atoms with Crippen molar-refractivity contribution in [1.29, 1.82) is 0 Å². The molecule has 0 rings (SSSR count). The summed E-state index contributed by atoms with van der Waals surface area (Å²) in [6.45, 7) is 12.6. The standard InChI is InChI=1S/4C4H8O2.V/c4*1-3(2)4(5)6;/h4*3H,1-2H3,(H,5,6);/q;;;;+4/p-4. The summed E-state index contributed by atoms with van der Waals surface area (Å²) in [6, 6.07) is 0. The van der Waals surface area contributed by atoms with Gasteiger partial charge in [0.2, 0.25) is 0 Å². The summed E-state index contributed by atoms with van der Waals surface area (Å²) >= 11 is 0. The van der Waals surface area contributed by atoms with Gasteiger partial charge in [-0.15, -0.1) is 0 Å². The summed E-state index contributed by atoms with van der Waals surface area (Å²) in [5, 5.41) is 38.4. The first-order valence-corrected chi connectivity index (χ1v) is 7.41. The Bertz CT molecular complexity index is 304. The third kappa shape index (κ3) is 45.0. The predicted molar refractivity (Wildman–Crippen MR) is 79.4 cm³/mol. The van der Waals surface area contributed by atoms with Crippen LogP contribution in [0.25, 0.3) is 0 Å². The van der Waals surface area contributed by atoms with E-state index in [-0.39, 0.29) is 42.2 Å². The molecule has 0 saturated heterocycles. The Morgan fingerprint density at radius 3 is 0.480 bits per heavy atom. The van der Waals surface area contributed by atoms with E-state index in [4.69, 9.17) is 0 Å². The zero-order valence-electron chi connectivity index (χ0n) is 16.0.